The van der Waals surface area contributed by atoms with Crippen molar-refractivity contribution in [1.82, 2.24) is 10.2 Å². The van der Waals surface area contributed by atoms with Crippen LogP contribution in [0.1, 0.15) is 11.8 Å². The molecular weight excluding hydrogens is 290 g/mol. The summed E-state index contributed by atoms with van der Waals surface area (Å²) >= 11 is 7.85. The van der Waals surface area contributed by atoms with Crippen molar-refractivity contribution >= 4 is 39.5 Å². The molecule has 0 saturated carbocycles. The van der Waals surface area contributed by atoms with Gasteiger partial charge in [-0.25, -0.2) is 0 Å². The van der Waals surface area contributed by atoms with Gasteiger partial charge in [-0.05, 0) is 18.4 Å². The molecule has 1 unspecified atom stereocenters. The van der Waals surface area contributed by atoms with Crippen molar-refractivity contribution in [2.45, 2.75) is 19.4 Å². The van der Waals surface area contributed by atoms with E-state index in [0.29, 0.717) is 5.15 Å². The number of fused-ring (bicyclic) bond motifs is 1. The zero-order chi connectivity index (χ0) is 13.9. The predicted molar refractivity (Wildman–Crippen MR) is 85.7 cm³/mol. The maximum Gasteiger partial charge on any atom is 0.159 e. The number of thiophene rings is 1. The zero-order valence-electron chi connectivity index (χ0n) is 11.0. The van der Waals surface area contributed by atoms with E-state index >= 15 is 0 Å². The third kappa shape index (κ3) is 2.76. The van der Waals surface area contributed by atoms with Gasteiger partial charge < -0.3 is 5.32 Å². The Balaban J connectivity index is 1.85. The molecule has 3 rings (SSSR count). The van der Waals surface area contributed by atoms with E-state index in [-0.39, 0.29) is 6.04 Å². The van der Waals surface area contributed by atoms with E-state index in [2.05, 4.69) is 40.0 Å². The molecule has 5 heteroatoms. The van der Waals surface area contributed by atoms with Crippen molar-refractivity contribution in [3.8, 4) is 0 Å². The lowest BCUT2D eigenvalue weighted by Crippen LogP contribution is -2.18. The Morgan fingerprint density at radius 2 is 1.95 bits per heavy atom. The van der Waals surface area contributed by atoms with E-state index < -0.39 is 0 Å². The van der Waals surface area contributed by atoms with E-state index in [1.807, 2.05) is 24.3 Å². The summed E-state index contributed by atoms with van der Waals surface area (Å²) in [5.74, 6) is 0.786. The molecule has 0 aliphatic heterocycles. The topological polar surface area (TPSA) is 37.8 Å². The molecule has 2 heterocycles. The second-order valence-corrected chi connectivity index (χ2v) is 6.10. The van der Waals surface area contributed by atoms with Crippen LogP contribution in [0.5, 0.6) is 0 Å². The van der Waals surface area contributed by atoms with E-state index in [1.54, 1.807) is 11.3 Å². The number of anilines is 1. The highest BCUT2D eigenvalue weighted by Crippen LogP contribution is 2.26. The van der Waals surface area contributed by atoms with Gasteiger partial charge in [-0.3, -0.25) is 0 Å². The van der Waals surface area contributed by atoms with Crippen molar-refractivity contribution in [3.63, 3.8) is 0 Å². The summed E-state index contributed by atoms with van der Waals surface area (Å²) in [4.78, 5) is 1.36. The highest BCUT2D eigenvalue weighted by Gasteiger charge is 2.10. The fourth-order valence-electron chi connectivity index (χ4n) is 2.19. The minimum absolute atomic E-state index is 0.285. The van der Waals surface area contributed by atoms with Gasteiger partial charge in [0.15, 0.2) is 11.0 Å². The van der Waals surface area contributed by atoms with E-state index in [4.69, 9.17) is 11.6 Å². The number of hydrogen-bond acceptors (Lipinski definition) is 4. The summed E-state index contributed by atoms with van der Waals surface area (Å²) < 4.78 is 0. The first kappa shape index (κ1) is 13.3. The number of benzene rings is 1. The van der Waals surface area contributed by atoms with Crippen LogP contribution in [0, 0.1) is 0 Å². The first-order valence-corrected chi connectivity index (χ1v) is 7.69. The molecular formula is C15H14ClN3S. The van der Waals surface area contributed by atoms with Crippen LogP contribution in [0.4, 0.5) is 5.82 Å². The molecule has 1 aromatic carbocycles. The first-order chi connectivity index (χ1) is 9.74. The lowest BCUT2D eigenvalue weighted by atomic mass is 10.1. The summed E-state index contributed by atoms with van der Waals surface area (Å²) in [6.07, 6.45) is 0.969. The van der Waals surface area contributed by atoms with Gasteiger partial charge in [0.1, 0.15) is 0 Å². The predicted octanol–water partition coefficient (Wildman–Crippen LogP) is 4.39. The number of aromatic nitrogens is 2. The Morgan fingerprint density at radius 3 is 2.70 bits per heavy atom. The summed E-state index contributed by atoms with van der Waals surface area (Å²) in [7, 11) is 0. The van der Waals surface area contributed by atoms with E-state index in [9.17, 15) is 0 Å². The van der Waals surface area contributed by atoms with Gasteiger partial charge in [-0.1, -0.05) is 41.9 Å². The van der Waals surface area contributed by atoms with Gasteiger partial charge in [-0.2, -0.15) is 0 Å². The van der Waals surface area contributed by atoms with Crippen molar-refractivity contribution in [1.29, 1.82) is 0 Å². The van der Waals surface area contributed by atoms with Gasteiger partial charge >= 0.3 is 0 Å². The SMILES string of the molecule is CC(Cc1cccs1)Nc1nnc(Cl)c2ccccc12. The molecule has 1 atom stereocenters. The van der Waals surface area contributed by atoms with Gasteiger partial charge in [0.25, 0.3) is 0 Å². The van der Waals surface area contributed by atoms with Crippen LogP contribution in [0.2, 0.25) is 5.15 Å². The molecule has 20 heavy (non-hydrogen) atoms. The molecule has 0 fully saturated rings. The molecule has 0 saturated heterocycles. The van der Waals surface area contributed by atoms with E-state index in [1.165, 1.54) is 4.88 Å². The largest absolute Gasteiger partial charge is 0.365 e. The Hall–Kier alpha value is -1.65. The van der Waals surface area contributed by atoms with Crippen molar-refractivity contribution in [2.24, 2.45) is 0 Å². The van der Waals surface area contributed by atoms with Crippen LogP contribution >= 0.6 is 22.9 Å². The molecule has 0 radical (unpaired) electrons. The van der Waals surface area contributed by atoms with Crippen LogP contribution in [0.3, 0.4) is 0 Å². The Labute approximate surface area is 126 Å². The lowest BCUT2D eigenvalue weighted by Gasteiger charge is -2.15. The van der Waals surface area contributed by atoms with Crippen LogP contribution in [-0.4, -0.2) is 16.2 Å². The Kier molecular flexibility index (Phi) is 3.85. The minimum atomic E-state index is 0.285. The second-order valence-electron chi connectivity index (χ2n) is 4.71. The number of halogens is 1. The average Bonchev–Trinajstić information content (AvgIpc) is 2.95. The lowest BCUT2D eigenvalue weighted by molar-refractivity contribution is 0.791. The molecule has 0 aliphatic carbocycles. The molecule has 3 nitrogen and oxygen atoms in total. The third-order valence-electron chi connectivity index (χ3n) is 3.11. The summed E-state index contributed by atoms with van der Waals surface area (Å²) in [6, 6.07) is 12.4. The summed E-state index contributed by atoms with van der Waals surface area (Å²) in [6.45, 7) is 2.14. The normalized spacial score (nSPS) is 12.5. The number of nitrogens with zero attached hydrogens (tertiary/aromatic N) is 2. The highest BCUT2D eigenvalue weighted by atomic mass is 35.5. The molecule has 0 aliphatic rings. The molecule has 2 aromatic heterocycles. The average molecular weight is 304 g/mol. The maximum absolute atomic E-state index is 6.08. The number of nitrogens with one attached hydrogen (secondary N) is 1. The monoisotopic (exact) mass is 303 g/mol. The fraction of sp³-hybridized carbons (Fsp3) is 0.200. The molecule has 1 N–H and O–H groups in total. The molecule has 0 bridgehead atoms. The van der Waals surface area contributed by atoms with Crippen molar-refractivity contribution in [3.05, 3.63) is 51.8 Å². The summed E-state index contributed by atoms with van der Waals surface area (Å²) in [5, 5.41) is 16.1. The van der Waals surface area contributed by atoms with Crippen molar-refractivity contribution < 1.29 is 0 Å². The van der Waals surface area contributed by atoms with Gasteiger partial charge in [0.2, 0.25) is 0 Å². The highest BCUT2D eigenvalue weighted by molar-refractivity contribution is 7.09. The first-order valence-electron chi connectivity index (χ1n) is 6.44. The van der Waals surface area contributed by atoms with Gasteiger partial charge in [0, 0.05) is 28.1 Å². The van der Waals surface area contributed by atoms with Crippen LogP contribution in [-0.2, 0) is 6.42 Å². The standard InChI is InChI=1S/C15H14ClN3S/c1-10(9-11-5-4-8-20-11)17-15-13-7-3-2-6-12(13)14(16)18-19-15/h2-8,10H,9H2,1H3,(H,17,19). The molecule has 3 aromatic rings. The van der Waals surface area contributed by atoms with Crippen LogP contribution < -0.4 is 5.32 Å². The molecule has 0 amide bonds. The van der Waals surface area contributed by atoms with Gasteiger partial charge in [0.05, 0.1) is 0 Å². The minimum Gasteiger partial charge on any atom is -0.365 e. The summed E-state index contributed by atoms with van der Waals surface area (Å²) in [5.41, 5.74) is 0. The maximum atomic E-state index is 6.08. The quantitative estimate of drug-likeness (QED) is 0.777. The number of hydrogen-bond donors (Lipinski definition) is 1. The van der Waals surface area contributed by atoms with Crippen LogP contribution in [0.15, 0.2) is 41.8 Å². The third-order valence-corrected chi connectivity index (χ3v) is 4.29. The van der Waals surface area contributed by atoms with Crippen LogP contribution in [0.25, 0.3) is 10.8 Å². The van der Waals surface area contributed by atoms with Gasteiger partial charge in [-0.15, -0.1) is 21.5 Å². The molecule has 0 spiro atoms. The number of rotatable bonds is 4. The Morgan fingerprint density at radius 1 is 1.15 bits per heavy atom. The second kappa shape index (κ2) is 5.77. The fourth-order valence-corrected chi connectivity index (χ4v) is 3.23. The zero-order valence-corrected chi connectivity index (χ0v) is 12.6. The molecule has 102 valence electrons. The van der Waals surface area contributed by atoms with E-state index in [0.717, 1.165) is 23.0 Å². The van der Waals surface area contributed by atoms with Crippen molar-refractivity contribution in [2.75, 3.05) is 5.32 Å². The smallest absolute Gasteiger partial charge is 0.159 e. The Bertz CT molecular complexity index is 712.